The van der Waals surface area contributed by atoms with Crippen LogP contribution < -0.4 is 52.1 Å². The van der Waals surface area contributed by atoms with Gasteiger partial charge in [0.25, 0.3) is 0 Å². The van der Waals surface area contributed by atoms with E-state index < -0.39 is 72.3 Å². The molecule has 0 radical (unpaired) electrons. The number of ether oxygens (including phenoxy) is 2. The second-order valence-corrected chi connectivity index (χ2v) is 13.0. The van der Waals surface area contributed by atoms with Gasteiger partial charge in [-0.05, 0) is 0 Å². The summed E-state index contributed by atoms with van der Waals surface area (Å²) in [6, 6.07) is 0. The summed E-state index contributed by atoms with van der Waals surface area (Å²) in [7, 11) is 0. The van der Waals surface area contributed by atoms with Crippen LogP contribution in [-0.2, 0) is 23.1 Å². The fraction of sp³-hybridized carbons (Fsp3) is 0.600. The molecule has 2 saturated heterocycles. The fourth-order valence-corrected chi connectivity index (χ4v) is 6.17. The Labute approximate surface area is 244 Å². The topological polar surface area (TPSA) is 204 Å². The normalized spacial score (nSPS) is 28.7. The standard InChI is InChI=1S/C20H27N4O11PSe.Na/c1-9-5-23(19(29)21-17(9)27)15-3-11(26)14(34-15)8-32-36(31,37)35-12-4-16(33-13(12)7-25)24-6-10(2)18(28)22-20(24)30;/h5-6,11-16,25-26H,3-4,7-8H2,1-2H3,(H,31,37)(H,21,27,29)(H,22,28,30);/q;+1/p-1/t11-,12-,13+,14+,15+,16+,36?;/m0./s1. The van der Waals surface area contributed by atoms with Crippen molar-refractivity contribution < 1.29 is 62.9 Å². The van der Waals surface area contributed by atoms with Crippen molar-refractivity contribution in [2.24, 2.45) is 0 Å². The van der Waals surface area contributed by atoms with Gasteiger partial charge in [-0.3, -0.25) is 0 Å². The Kier molecular flexibility index (Phi) is 10.4. The van der Waals surface area contributed by atoms with Crippen molar-refractivity contribution in [2.75, 3.05) is 13.2 Å². The number of nitrogens with one attached hydrogen (secondary N) is 2. The van der Waals surface area contributed by atoms with Crippen LogP contribution in [0.3, 0.4) is 0 Å². The van der Waals surface area contributed by atoms with Crippen molar-refractivity contribution in [1.29, 1.82) is 0 Å². The molecule has 4 N–H and O–H groups in total. The van der Waals surface area contributed by atoms with Gasteiger partial charge in [-0.2, -0.15) is 0 Å². The van der Waals surface area contributed by atoms with Crippen molar-refractivity contribution in [3.8, 4) is 0 Å². The van der Waals surface area contributed by atoms with Crippen molar-refractivity contribution in [3.05, 3.63) is 65.2 Å². The van der Waals surface area contributed by atoms with E-state index in [4.69, 9.17) is 18.5 Å². The molecule has 18 heteroatoms. The van der Waals surface area contributed by atoms with Gasteiger partial charge in [0.2, 0.25) is 0 Å². The number of hydrogen-bond donors (Lipinski definition) is 4. The minimum absolute atomic E-state index is 0. The number of rotatable bonds is 8. The van der Waals surface area contributed by atoms with Crippen LogP contribution in [0.4, 0.5) is 0 Å². The van der Waals surface area contributed by atoms with Crippen LogP contribution in [-0.4, -0.2) is 82.5 Å². The number of aromatic nitrogens is 4. The molecule has 0 saturated carbocycles. The molecule has 0 aliphatic carbocycles. The summed E-state index contributed by atoms with van der Waals surface area (Å²) < 4.78 is 37.6. The number of aliphatic hydroxyl groups is 2. The molecule has 15 nitrogen and oxygen atoms in total. The van der Waals surface area contributed by atoms with E-state index in [1.165, 1.54) is 26.2 Å². The summed E-state index contributed by atoms with van der Waals surface area (Å²) in [4.78, 5) is 51.9. The van der Waals surface area contributed by atoms with Crippen molar-refractivity contribution in [2.45, 2.75) is 63.6 Å². The SMILES string of the molecule is Cc1cn([C@H]2C[C@H](OP(=O)([Se-])OC[C@H]3O[C@@H](n4cc(C)c(=O)[nH]c4=O)C[C@@H]3O)[C@@H](CO)O2)c(=O)[nH]c1=O.[Na+]. The first-order valence-corrected chi connectivity index (χ1v) is 15.0. The number of aryl methyl sites for hydroxylation is 2. The van der Waals surface area contributed by atoms with Gasteiger partial charge < -0.3 is 0 Å². The van der Waals surface area contributed by atoms with Gasteiger partial charge in [0.15, 0.2) is 0 Å². The van der Waals surface area contributed by atoms with Gasteiger partial charge in [-0.25, -0.2) is 0 Å². The molecule has 7 atom stereocenters. The number of nitrogens with zero attached hydrogens (tertiary/aromatic N) is 2. The third kappa shape index (κ3) is 6.95. The van der Waals surface area contributed by atoms with E-state index in [0.717, 1.165) is 9.13 Å². The smallest absolute Gasteiger partial charge is 1.00 e. The largest absolute Gasteiger partial charge is 1.00 e. The van der Waals surface area contributed by atoms with Crippen molar-refractivity contribution in [3.63, 3.8) is 0 Å². The molecule has 4 rings (SSSR count). The zero-order valence-electron chi connectivity index (χ0n) is 20.8. The Balaban J connectivity index is 0.00000400. The van der Waals surface area contributed by atoms with Crippen LogP contribution in [0.1, 0.15) is 36.4 Å². The van der Waals surface area contributed by atoms with Gasteiger partial charge in [-0.15, -0.1) is 0 Å². The molecule has 0 spiro atoms. The number of hydrogen-bond acceptors (Lipinski definition) is 11. The molecule has 0 aromatic carbocycles. The summed E-state index contributed by atoms with van der Waals surface area (Å²) in [5, 5.41) is 20.1. The minimum Gasteiger partial charge on any atom is 1.00 e. The van der Waals surface area contributed by atoms with Crippen molar-refractivity contribution in [1.82, 2.24) is 19.1 Å². The molecular formula is C20H26N4NaO11PSe. The summed E-state index contributed by atoms with van der Waals surface area (Å²) >= 11 is 2.34. The number of H-pyrrole nitrogens is 2. The Morgan fingerprint density at radius 1 is 1.00 bits per heavy atom. The van der Waals surface area contributed by atoms with Crippen LogP contribution >= 0.6 is 6.29 Å². The molecule has 0 amide bonds. The van der Waals surface area contributed by atoms with Gasteiger partial charge in [0.05, 0.1) is 0 Å². The summed E-state index contributed by atoms with van der Waals surface area (Å²) in [6.45, 7) is 2.17. The first kappa shape index (κ1) is 31.4. The van der Waals surface area contributed by atoms with Crippen LogP contribution in [0.15, 0.2) is 31.6 Å². The van der Waals surface area contributed by atoms with E-state index in [-0.39, 0.29) is 60.1 Å². The average Bonchev–Trinajstić information content (AvgIpc) is 3.39. The predicted molar refractivity (Wildman–Crippen MR) is 126 cm³/mol. The summed E-state index contributed by atoms with van der Waals surface area (Å²) in [6.07, 6.45) is -6.90. The maximum Gasteiger partial charge on any atom is 1.00 e. The first-order chi connectivity index (χ1) is 17.4. The predicted octanol–water partition coefficient (Wildman–Crippen LogP) is -4.69. The third-order valence-corrected chi connectivity index (χ3v) is 8.34. The van der Waals surface area contributed by atoms with Crippen molar-refractivity contribution >= 4 is 21.9 Å². The van der Waals surface area contributed by atoms with Crippen LogP contribution in [0.5, 0.6) is 0 Å². The maximum absolute atomic E-state index is 13.0. The molecule has 38 heavy (non-hydrogen) atoms. The molecule has 2 aliphatic rings. The van der Waals surface area contributed by atoms with E-state index in [1.54, 1.807) is 0 Å². The van der Waals surface area contributed by atoms with E-state index in [1.807, 2.05) is 0 Å². The zero-order chi connectivity index (χ0) is 27.1. The Morgan fingerprint density at radius 3 is 2.03 bits per heavy atom. The van der Waals surface area contributed by atoms with E-state index in [0.29, 0.717) is 0 Å². The summed E-state index contributed by atoms with van der Waals surface area (Å²) in [5.74, 6) is 0. The van der Waals surface area contributed by atoms with Gasteiger partial charge >= 0.3 is 246 Å². The van der Waals surface area contributed by atoms with Crippen LogP contribution in [0.2, 0.25) is 0 Å². The molecule has 4 heterocycles. The Bertz CT molecular complexity index is 1440. The van der Waals surface area contributed by atoms with E-state index in [2.05, 4.69) is 25.5 Å². The van der Waals surface area contributed by atoms with Gasteiger partial charge in [0.1, 0.15) is 0 Å². The molecule has 1 unspecified atom stereocenters. The molecule has 2 aromatic heterocycles. The Hall–Kier alpha value is -1.13. The third-order valence-electron chi connectivity index (χ3n) is 6.14. The average molecular weight is 631 g/mol. The van der Waals surface area contributed by atoms with Gasteiger partial charge in [0, 0.05) is 0 Å². The molecule has 0 bridgehead atoms. The Morgan fingerprint density at radius 2 is 1.50 bits per heavy atom. The second kappa shape index (κ2) is 12.6. The minimum atomic E-state index is -3.90. The monoisotopic (exact) mass is 632 g/mol. The van der Waals surface area contributed by atoms with E-state index >= 15 is 0 Å². The number of aromatic amines is 2. The summed E-state index contributed by atoms with van der Waals surface area (Å²) in [5.41, 5.74) is -1.91. The van der Waals surface area contributed by atoms with E-state index in [9.17, 15) is 34.0 Å². The zero-order valence-corrected chi connectivity index (χ0v) is 25.4. The van der Waals surface area contributed by atoms with Crippen LogP contribution in [0.25, 0.3) is 0 Å². The number of aliphatic hydroxyl groups excluding tert-OH is 2. The van der Waals surface area contributed by atoms with Crippen LogP contribution in [0, 0.1) is 13.8 Å². The molecule has 204 valence electrons. The first-order valence-electron chi connectivity index (χ1n) is 11.3. The molecular weight excluding hydrogens is 605 g/mol. The second-order valence-electron chi connectivity index (χ2n) is 8.82. The molecule has 2 fully saturated rings. The fourth-order valence-electron chi connectivity index (χ4n) is 4.14. The van der Waals surface area contributed by atoms with Gasteiger partial charge in [-0.1, -0.05) is 0 Å². The quantitative estimate of drug-likeness (QED) is 0.161. The molecule has 2 aromatic rings. The molecule has 2 aliphatic heterocycles. The maximum atomic E-state index is 13.0.